The maximum atomic E-state index is 12.8. The van der Waals surface area contributed by atoms with E-state index in [2.05, 4.69) is 16.0 Å². The van der Waals surface area contributed by atoms with Crippen LogP contribution < -0.4 is 16.0 Å². The number of nitrogens with one attached hydrogen (secondary N) is 3. The molecule has 3 rings (SSSR count). The van der Waals surface area contributed by atoms with Gasteiger partial charge >= 0.3 is 0 Å². The fourth-order valence-electron chi connectivity index (χ4n) is 3.84. The van der Waals surface area contributed by atoms with Crippen LogP contribution in [0.4, 0.5) is 11.4 Å². The quantitative estimate of drug-likeness (QED) is 0.662. The number of benzene rings is 2. The monoisotopic (exact) mass is 407 g/mol. The molecule has 0 radical (unpaired) electrons. The number of carbonyl (C=O) groups excluding carboxylic acids is 3. The number of anilines is 2. The van der Waals surface area contributed by atoms with Gasteiger partial charge in [0.2, 0.25) is 5.91 Å². The van der Waals surface area contributed by atoms with Gasteiger partial charge < -0.3 is 16.0 Å². The van der Waals surface area contributed by atoms with E-state index < -0.39 is 0 Å². The maximum absolute atomic E-state index is 12.8. The van der Waals surface area contributed by atoms with Crippen molar-refractivity contribution in [3.05, 3.63) is 58.7 Å². The van der Waals surface area contributed by atoms with Gasteiger partial charge in [-0.2, -0.15) is 0 Å². The van der Waals surface area contributed by atoms with Crippen molar-refractivity contribution in [3.8, 4) is 0 Å². The average Bonchev–Trinajstić information content (AvgIpc) is 3.21. The summed E-state index contributed by atoms with van der Waals surface area (Å²) >= 11 is 0. The third kappa shape index (κ3) is 5.47. The number of hydrogen-bond acceptors (Lipinski definition) is 3. The lowest BCUT2D eigenvalue weighted by Crippen LogP contribution is -2.28. The van der Waals surface area contributed by atoms with Gasteiger partial charge in [0, 0.05) is 36.0 Å². The number of carbonyl (C=O) groups is 3. The Kier molecular flexibility index (Phi) is 6.87. The Morgan fingerprint density at radius 2 is 1.63 bits per heavy atom. The molecule has 0 atom stereocenters. The molecule has 0 spiro atoms. The molecule has 3 amide bonds. The van der Waals surface area contributed by atoms with Crippen LogP contribution in [0.5, 0.6) is 0 Å². The van der Waals surface area contributed by atoms with E-state index in [1.807, 2.05) is 19.9 Å². The van der Waals surface area contributed by atoms with Crippen LogP contribution in [-0.4, -0.2) is 24.3 Å². The van der Waals surface area contributed by atoms with E-state index in [-0.39, 0.29) is 17.7 Å². The summed E-state index contributed by atoms with van der Waals surface area (Å²) in [6.07, 6.45) is 4.84. The molecule has 6 heteroatoms. The Bertz CT molecular complexity index is 962. The zero-order chi connectivity index (χ0) is 21.7. The third-order valence-corrected chi connectivity index (χ3v) is 5.57. The van der Waals surface area contributed by atoms with Crippen molar-refractivity contribution in [2.45, 2.75) is 46.5 Å². The van der Waals surface area contributed by atoms with E-state index in [1.165, 1.54) is 32.6 Å². The fraction of sp³-hybridized carbons (Fsp3) is 0.375. The first-order valence-electron chi connectivity index (χ1n) is 10.4. The Morgan fingerprint density at radius 1 is 0.900 bits per heavy atom. The van der Waals surface area contributed by atoms with Gasteiger partial charge in [-0.15, -0.1) is 0 Å². The molecule has 1 saturated carbocycles. The minimum absolute atomic E-state index is 0.117. The van der Waals surface area contributed by atoms with E-state index in [0.29, 0.717) is 35.0 Å². The molecular weight excluding hydrogens is 378 g/mol. The molecule has 158 valence electrons. The van der Waals surface area contributed by atoms with Gasteiger partial charge in [0.25, 0.3) is 11.8 Å². The molecule has 2 aromatic rings. The zero-order valence-electron chi connectivity index (χ0n) is 17.8. The van der Waals surface area contributed by atoms with E-state index in [4.69, 9.17) is 0 Å². The van der Waals surface area contributed by atoms with Crippen LogP contribution in [0, 0.1) is 19.8 Å². The summed E-state index contributed by atoms with van der Waals surface area (Å²) in [6, 6.07) is 10.5. The molecule has 6 nitrogen and oxygen atoms in total. The van der Waals surface area contributed by atoms with Gasteiger partial charge in [-0.3, -0.25) is 14.4 Å². The molecule has 1 aliphatic carbocycles. The van der Waals surface area contributed by atoms with Gasteiger partial charge in [0.05, 0.1) is 0 Å². The molecule has 0 unspecified atom stereocenters. The fourth-order valence-corrected chi connectivity index (χ4v) is 3.84. The summed E-state index contributed by atoms with van der Waals surface area (Å²) in [7, 11) is 0. The first-order valence-corrected chi connectivity index (χ1v) is 10.4. The molecule has 1 aliphatic rings. The van der Waals surface area contributed by atoms with Crippen LogP contribution in [-0.2, 0) is 4.79 Å². The van der Waals surface area contributed by atoms with Crippen molar-refractivity contribution < 1.29 is 14.4 Å². The Balaban J connectivity index is 1.69. The number of hydrogen-bond donors (Lipinski definition) is 3. The Labute approximate surface area is 177 Å². The highest BCUT2D eigenvalue weighted by molar-refractivity contribution is 6.07. The highest BCUT2D eigenvalue weighted by Gasteiger charge is 2.17. The largest absolute Gasteiger partial charge is 0.352 e. The van der Waals surface area contributed by atoms with Crippen LogP contribution in [0.2, 0.25) is 0 Å². The SMILES string of the molecule is CC(=O)Nc1ccc(C(=O)Nc2cc(C(=O)NCC3CCCC3)ccc2C)c(C)c1. The molecule has 0 heterocycles. The van der Waals surface area contributed by atoms with E-state index in [1.54, 1.807) is 30.3 Å². The molecule has 0 bridgehead atoms. The van der Waals surface area contributed by atoms with Gasteiger partial charge in [0.1, 0.15) is 0 Å². The summed E-state index contributed by atoms with van der Waals surface area (Å²) in [5.41, 5.74) is 3.93. The topological polar surface area (TPSA) is 87.3 Å². The highest BCUT2D eigenvalue weighted by Crippen LogP contribution is 2.24. The predicted octanol–water partition coefficient (Wildman–Crippen LogP) is 4.43. The normalized spacial score (nSPS) is 13.7. The average molecular weight is 408 g/mol. The molecule has 2 aromatic carbocycles. The summed E-state index contributed by atoms with van der Waals surface area (Å²) in [5, 5.41) is 8.64. The van der Waals surface area contributed by atoms with Crippen molar-refractivity contribution in [2.75, 3.05) is 17.2 Å². The van der Waals surface area contributed by atoms with Crippen LogP contribution in [0.15, 0.2) is 36.4 Å². The van der Waals surface area contributed by atoms with Crippen LogP contribution in [0.1, 0.15) is 64.4 Å². The van der Waals surface area contributed by atoms with Gasteiger partial charge in [-0.1, -0.05) is 18.9 Å². The smallest absolute Gasteiger partial charge is 0.255 e. The van der Waals surface area contributed by atoms with Gasteiger partial charge in [0.15, 0.2) is 0 Å². The van der Waals surface area contributed by atoms with E-state index in [9.17, 15) is 14.4 Å². The molecule has 1 fully saturated rings. The second-order valence-corrected chi connectivity index (χ2v) is 8.06. The van der Waals surface area contributed by atoms with Crippen molar-refractivity contribution in [2.24, 2.45) is 5.92 Å². The van der Waals surface area contributed by atoms with Crippen molar-refractivity contribution in [3.63, 3.8) is 0 Å². The molecule has 0 aromatic heterocycles. The molecule has 0 saturated heterocycles. The molecule has 3 N–H and O–H groups in total. The Hall–Kier alpha value is -3.15. The first kappa shape index (κ1) is 21.6. The lowest BCUT2D eigenvalue weighted by Gasteiger charge is -2.14. The molecule has 0 aliphatic heterocycles. The van der Waals surface area contributed by atoms with E-state index in [0.717, 1.165) is 11.1 Å². The minimum Gasteiger partial charge on any atom is -0.352 e. The number of aryl methyl sites for hydroxylation is 2. The predicted molar refractivity (Wildman–Crippen MR) is 119 cm³/mol. The van der Waals surface area contributed by atoms with E-state index >= 15 is 0 Å². The zero-order valence-corrected chi connectivity index (χ0v) is 17.8. The minimum atomic E-state index is -0.256. The highest BCUT2D eigenvalue weighted by atomic mass is 16.2. The summed E-state index contributed by atoms with van der Waals surface area (Å²) in [6.45, 7) is 5.85. The number of rotatable bonds is 6. The lowest BCUT2D eigenvalue weighted by atomic mass is 10.1. The van der Waals surface area contributed by atoms with Crippen LogP contribution in [0.25, 0.3) is 0 Å². The standard InChI is InChI=1S/C24H29N3O3/c1-15-8-9-19(23(29)25-14-18-6-4-5-7-18)13-22(15)27-24(30)21-11-10-20(12-16(21)2)26-17(3)28/h8-13,18H,4-7,14H2,1-3H3,(H,25,29)(H,26,28)(H,27,30). The first-order chi connectivity index (χ1) is 14.3. The molecular formula is C24H29N3O3. The van der Waals surface area contributed by atoms with Crippen molar-refractivity contribution in [1.82, 2.24) is 5.32 Å². The summed E-state index contributed by atoms with van der Waals surface area (Å²) < 4.78 is 0. The van der Waals surface area contributed by atoms with Crippen LogP contribution >= 0.6 is 0 Å². The third-order valence-electron chi connectivity index (χ3n) is 5.57. The second-order valence-electron chi connectivity index (χ2n) is 8.06. The Morgan fingerprint density at radius 3 is 2.30 bits per heavy atom. The second kappa shape index (κ2) is 9.57. The summed E-state index contributed by atoms with van der Waals surface area (Å²) in [5.74, 6) is 0.0361. The molecule has 30 heavy (non-hydrogen) atoms. The van der Waals surface area contributed by atoms with Crippen molar-refractivity contribution in [1.29, 1.82) is 0 Å². The summed E-state index contributed by atoms with van der Waals surface area (Å²) in [4.78, 5) is 36.6. The van der Waals surface area contributed by atoms with Crippen molar-refractivity contribution >= 4 is 29.1 Å². The van der Waals surface area contributed by atoms with Crippen LogP contribution in [0.3, 0.4) is 0 Å². The maximum Gasteiger partial charge on any atom is 0.255 e. The van der Waals surface area contributed by atoms with Gasteiger partial charge in [-0.05, 0) is 74.1 Å². The number of amides is 3. The lowest BCUT2D eigenvalue weighted by molar-refractivity contribution is -0.114. The van der Waals surface area contributed by atoms with Gasteiger partial charge in [-0.25, -0.2) is 0 Å².